The molecule has 0 radical (unpaired) electrons. The zero-order valence-electron chi connectivity index (χ0n) is 36.2. The Hall–Kier alpha value is -2.40. The van der Waals surface area contributed by atoms with Crippen molar-refractivity contribution in [2.45, 2.75) is 151 Å². The second-order valence-electron chi connectivity index (χ2n) is 16.5. The van der Waals surface area contributed by atoms with Crippen molar-refractivity contribution in [1.29, 1.82) is 0 Å². The van der Waals surface area contributed by atoms with Gasteiger partial charge in [-0.3, -0.25) is 0 Å². The second kappa shape index (κ2) is 20.2. The van der Waals surface area contributed by atoms with Crippen LogP contribution in [-0.2, 0) is 17.6 Å². The van der Waals surface area contributed by atoms with Gasteiger partial charge in [0.1, 0.15) is 11.0 Å². The molecule has 0 amide bonds. The molecule has 7 aromatic rings. The maximum Gasteiger partial charge on any atom is 0.351 e. The molecule has 0 aliphatic heterocycles. The Kier molecular flexibility index (Phi) is 15.3. The summed E-state index contributed by atoms with van der Waals surface area (Å²) in [5.41, 5.74) is 2.63. The van der Waals surface area contributed by atoms with Crippen molar-refractivity contribution in [3.05, 3.63) is 66.6 Å². The maximum absolute atomic E-state index is 16.8. The number of fused-ring (bicyclic) bond motifs is 3. The lowest BCUT2D eigenvalue weighted by molar-refractivity contribution is 0.0269. The molecule has 0 aliphatic rings. The molecule has 0 aliphatic carbocycles. The minimum atomic E-state index is -0.527. The van der Waals surface area contributed by atoms with E-state index in [1.165, 1.54) is 118 Å². The monoisotopic (exact) mass is 904 g/mol. The van der Waals surface area contributed by atoms with Crippen LogP contribution in [0.15, 0.2) is 36.4 Å². The lowest BCUT2D eigenvalue weighted by atomic mass is 9.95. The van der Waals surface area contributed by atoms with Crippen molar-refractivity contribution in [3.63, 3.8) is 0 Å². The highest BCUT2D eigenvalue weighted by Crippen LogP contribution is 2.55. The van der Waals surface area contributed by atoms with Crippen LogP contribution in [0.5, 0.6) is 0 Å². The largest absolute Gasteiger partial charge is 0.458 e. The minimum Gasteiger partial charge on any atom is -0.458 e. The number of carbonyl (C=O) groups excluding carboxylic acids is 1. The number of benzene rings is 1. The minimum absolute atomic E-state index is 0.103. The Morgan fingerprint density at radius 1 is 0.627 bits per heavy atom. The van der Waals surface area contributed by atoms with E-state index in [-0.39, 0.29) is 11.0 Å². The van der Waals surface area contributed by atoms with Gasteiger partial charge in [-0.1, -0.05) is 106 Å². The third kappa shape index (κ3) is 9.51. The number of thiophene rings is 6. The number of aryl methyl sites for hydroxylation is 2. The van der Waals surface area contributed by atoms with Gasteiger partial charge in [-0.15, -0.1) is 68.0 Å². The van der Waals surface area contributed by atoms with E-state index >= 15 is 4.39 Å². The fourth-order valence-corrected chi connectivity index (χ4v) is 15.9. The van der Waals surface area contributed by atoms with Crippen LogP contribution in [-0.4, -0.2) is 12.1 Å². The first-order valence-corrected chi connectivity index (χ1v) is 27.1. The average Bonchev–Trinajstić information content (AvgIpc) is 4.10. The van der Waals surface area contributed by atoms with Gasteiger partial charge in [-0.2, -0.15) is 0 Å². The van der Waals surface area contributed by atoms with Crippen LogP contribution in [0.25, 0.3) is 60.9 Å². The van der Waals surface area contributed by atoms with Crippen molar-refractivity contribution in [3.8, 4) is 30.6 Å². The van der Waals surface area contributed by atoms with Crippen molar-refractivity contribution in [1.82, 2.24) is 0 Å². The van der Waals surface area contributed by atoms with Gasteiger partial charge in [0.2, 0.25) is 0 Å². The summed E-state index contributed by atoms with van der Waals surface area (Å²) in [5, 5.41) is 3.15. The molecule has 1 aromatic carbocycles. The Morgan fingerprint density at radius 2 is 1.19 bits per heavy atom. The number of carbonyl (C=O) groups is 1. The molecule has 0 fully saturated rings. The Bertz CT molecular complexity index is 2390. The van der Waals surface area contributed by atoms with E-state index in [4.69, 9.17) is 4.74 Å². The predicted octanol–water partition coefficient (Wildman–Crippen LogP) is 18.9. The molecule has 0 saturated heterocycles. The summed E-state index contributed by atoms with van der Waals surface area (Å²) in [6, 6.07) is 14.2. The van der Waals surface area contributed by atoms with Gasteiger partial charge in [0, 0.05) is 70.8 Å². The van der Waals surface area contributed by atoms with E-state index in [1.807, 2.05) is 40.9 Å². The first-order valence-electron chi connectivity index (χ1n) is 22.2. The van der Waals surface area contributed by atoms with Crippen LogP contribution in [0.2, 0.25) is 0 Å². The number of ether oxygens (including phenoxy) is 1. The third-order valence-electron chi connectivity index (χ3n) is 12.1. The molecule has 0 bridgehead atoms. The van der Waals surface area contributed by atoms with Gasteiger partial charge in [-0.05, 0) is 87.8 Å². The number of esters is 1. The quantitative estimate of drug-likeness (QED) is 0.0672. The molecule has 316 valence electrons. The van der Waals surface area contributed by atoms with Crippen LogP contribution in [0.4, 0.5) is 4.39 Å². The maximum atomic E-state index is 16.8. The fourth-order valence-electron chi connectivity index (χ4n) is 8.59. The number of hydrogen-bond donors (Lipinski definition) is 0. The summed E-state index contributed by atoms with van der Waals surface area (Å²) in [4.78, 5) is 23.5. The molecular weight excluding hydrogens is 844 g/mol. The van der Waals surface area contributed by atoms with Crippen LogP contribution < -0.4 is 0 Å². The second-order valence-corrected chi connectivity index (χ2v) is 23.4. The van der Waals surface area contributed by atoms with E-state index in [9.17, 15) is 4.79 Å². The van der Waals surface area contributed by atoms with Crippen molar-refractivity contribution >= 4 is 104 Å². The molecule has 3 unspecified atom stereocenters. The van der Waals surface area contributed by atoms with E-state index in [0.717, 1.165) is 57.9 Å². The summed E-state index contributed by atoms with van der Waals surface area (Å²) in [5.74, 6) is 0.459. The standard InChI is InChI=1S/C50H61FO2S6/c1-9-15-18-31(12-4)26-34-21-23-38(56-34)41-36-25-29(7)54-46(36)42(39-24-22-35(57-39)27-32(13-5)19-16-10-2)37-28-40(58-47(37)41)48-43-44(51)49(59-45(43)30(8)55-48)50(52)53-33(14-6)20-17-11-3/h21-25,28,31-33H,9-20,26-27H2,1-8H3. The fraction of sp³-hybridized carbons (Fsp3) is 0.500. The topological polar surface area (TPSA) is 26.3 Å². The molecule has 9 heteroatoms. The third-order valence-corrected chi connectivity index (χ3v) is 19.3. The van der Waals surface area contributed by atoms with Gasteiger partial charge in [0.05, 0.1) is 9.58 Å². The molecule has 2 nitrogen and oxygen atoms in total. The number of hydrogen-bond acceptors (Lipinski definition) is 8. The van der Waals surface area contributed by atoms with Crippen molar-refractivity contribution in [2.24, 2.45) is 11.8 Å². The van der Waals surface area contributed by atoms with E-state index < -0.39 is 11.8 Å². The summed E-state index contributed by atoms with van der Waals surface area (Å²) < 4.78 is 26.2. The van der Waals surface area contributed by atoms with E-state index in [2.05, 4.69) is 84.9 Å². The number of rotatable bonds is 21. The zero-order chi connectivity index (χ0) is 41.8. The average molecular weight is 905 g/mol. The van der Waals surface area contributed by atoms with Crippen molar-refractivity contribution in [2.75, 3.05) is 0 Å². The van der Waals surface area contributed by atoms with Crippen molar-refractivity contribution < 1.29 is 13.9 Å². The predicted molar refractivity (Wildman–Crippen MR) is 265 cm³/mol. The smallest absolute Gasteiger partial charge is 0.351 e. The first-order chi connectivity index (χ1) is 28.6. The van der Waals surface area contributed by atoms with Gasteiger partial charge in [0.15, 0.2) is 5.82 Å². The highest BCUT2D eigenvalue weighted by Gasteiger charge is 2.30. The summed E-state index contributed by atoms with van der Waals surface area (Å²) >= 11 is 10.5. The van der Waals surface area contributed by atoms with E-state index in [1.54, 1.807) is 22.7 Å². The SMILES string of the molecule is CCCCC(CC)Cc1ccc(-c2c3cc(-c4sc(C)c5sc(C(=O)OC(CC)CCCC)c(F)c45)sc3c(-c3ccc(CC(CC)CCCC)s3)c3cc(C)sc23)s1. The van der Waals surface area contributed by atoms with Crippen LogP contribution >= 0.6 is 68.0 Å². The lowest BCUT2D eigenvalue weighted by Crippen LogP contribution is -2.17. The summed E-state index contributed by atoms with van der Waals surface area (Å²) in [6.07, 6.45) is 15.7. The summed E-state index contributed by atoms with van der Waals surface area (Å²) in [7, 11) is 0. The molecule has 0 N–H and O–H groups in total. The first kappa shape index (κ1) is 44.6. The molecule has 6 heterocycles. The normalized spacial score (nSPS) is 13.6. The number of halogens is 1. The van der Waals surface area contributed by atoms with Crippen LogP contribution in [0.1, 0.15) is 148 Å². The Balaban J connectivity index is 1.39. The Morgan fingerprint density at radius 3 is 1.75 bits per heavy atom. The Labute approximate surface area is 375 Å². The molecule has 59 heavy (non-hydrogen) atoms. The highest BCUT2D eigenvalue weighted by atomic mass is 32.1. The van der Waals surface area contributed by atoms with E-state index in [0.29, 0.717) is 17.2 Å². The molecule has 0 saturated carbocycles. The number of unbranched alkanes of at least 4 members (excludes halogenated alkanes) is 3. The molecule has 0 spiro atoms. The van der Waals surface area contributed by atoms with Crippen LogP contribution in [0.3, 0.4) is 0 Å². The molecule has 7 rings (SSSR count). The van der Waals surface area contributed by atoms with Gasteiger partial charge in [-0.25, -0.2) is 9.18 Å². The lowest BCUT2D eigenvalue weighted by Gasteiger charge is -2.15. The molecule has 3 atom stereocenters. The van der Waals surface area contributed by atoms with Gasteiger partial charge >= 0.3 is 5.97 Å². The molecular formula is C50H61FO2S6. The zero-order valence-corrected chi connectivity index (χ0v) is 41.1. The van der Waals surface area contributed by atoms with Gasteiger partial charge in [0.25, 0.3) is 0 Å². The van der Waals surface area contributed by atoms with Crippen LogP contribution in [0, 0.1) is 31.5 Å². The van der Waals surface area contributed by atoms with Gasteiger partial charge < -0.3 is 4.74 Å². The molecule has 6 aromatic heterocycles. The summed E-state index contributed by atoms with van der Waals surface area (Å²) in [6.45, 7) is 17.7. The highest BCUT2D eigenvalue weighted by molar-refractivity contribution is 7.31.